The summed E-state index contributed by atoms with van der Waals surface area (Å²) in [5.41, 5.74) is 1.02. The molecular formula is C17H14FN5O. The van der Waals surface area contributed by atoms with Crippen molar-refractivity contribution in [2.45, 2.75) is 19.4 Å². The Balaban J connectivity index is 1.62. The van der Waals surface area contributed by atoms with Crippen molar-refractivity contribution in [1.82, 2.24) is 24.7 Å². The van der Waals surface area contributed by atoms with Crippen LogP contribution < -0.4 is 0 Å². The summed E-state index contributed by atoms with van der Waals surface area (Å²) in [6.07, 6.45) is 6.91. The summed E-state index contributed by atoms with van der Waals surface area (Å²) in [7, 11) is 0. The van der Waals surface area contributed by atoms with Crippen LogP contribution in [0.1, 0.15) is 18.7 Å². The van der Waals surface area contributed by atoms with Crippen molar-refractivity contribution in [3.63, 3.8) is 0 Å². The second kappa shape index (κ2) is 5.84. The van der Waals surface area contributed by atoms with E-state index in [-0.39, 0.29) is 11.7 Å². The Morgan fingerprint density at radius 3 is 3.08 bits per heavy atom. The van der Waals surface area contributed by atoms with Crippen LogP contribution >= 0.6 is 0 Å². The zero-order valence-corrected chi connectivity index (χ0v) is 12.9. The normalized spacial score (nSPS) is 12.6. The molecule has 7 heteroatoms. The van der Waals surface area contributed by atoms with Gasteiger partial charge in [-0.15, -0.1) is 0 Å². The van der Waals surface area contributed by atoms with Crippen molar-refractivity contribution in [2.24, 2.45) is 0 Å². The van der Waals surface area contributed by atoms with Crippen LogP contribution in [0.25, 0.3) is 22.3 Å². The lowest BCUT2D eigenvalue weighted by molar-refractivity contribution is 0.347. The lowest BCUT2D eigenvalue weighted by Gasteiger charge is -2.06. The molecule has 1 unspecified atom stereocenters. The third-order valence-corrected chi connectivity index (χ3v) is 3.83. The van der Waals surface area contributed by atoms with Gasteiger partial charge in [-0.25, -0.2) is 9.37 Å². The number of benzene rings is 1. The van der Waals surface area contributed by atoms with Gasteiger partial charge < -0.3 is 9.09 Å². The second-order valence-corrected chi connectivity index (χ2v) is 5.65. The van der Waals surface area contributed by atoms with Gasteiger partial charge in [0.2, 0.25) is 11.7 Å². The molecule has 0 aliphatic heterocycles. The number of halogens is 1. The SMILES string of the molecule is CC(Cn1ccnc1)c1nc(-c2cnc3c(F)cccc3c2)no1. The summed E-state index contributed by atoms with van der Waals surface area (Å²) in [4.78, 5) is 12.6. The third kappa shape index (κ3) is 2.64. The first-order chi connectivity index (χ1) is 11.7. The molecule has 0 saturated heterocycles. The van der Waals surface area contributed by atoms with E-state index in [1.54, 1.807) is 36.9 Å². The van der Waals surface area contributed by atoms with E-state index in [9.17, 15) is 4.39 Å². The molecule has 4 aromatic rings. The molecule has 0 fully saturated rings. The maximum atomic E-state index is 13.7. The molecular weight excluding hydrogens is 309 g/mol. The van der Waals surface area contributed by atoms with Crippen LogP contribution in [0, 0.1) is 5.82 Å². The molecule has 0 amide bonds. The Bertz CT molecular complexity index is 980. The van der Waals surface area contributed by atoms with Gasteiger partial charge >= 0.3 is 0 Å². The Kier molecular flexibility index (Phi) is 3.53. The quantitative estimate of drug-likeness (QED) is 0.575. The molecule has 0 spiro atoms. The van der Waals surface area contributed by atoms with Gasteiger partial charge in [0, 0.05) is 36.1 Å². The van der Waals surface area contributed by atoms with Crippen LogP contribution in [-0.4, -0.2) is 24.7 Å². The molecule has 3 aromatic heterocycles. The van der Waals surface area contributed by atoms with Crippen molar-refractivity contribution in [3.8, 4) is 11.4 Å². The van der Waals surface area contributed by atoms with Gasteiger partial charge in [-0.05, 0) is 12.1 Å². The van der Waals surface area contributed by atoms with Crippen molar-refractivity contribution in [2.75, 3.05) is 0 Å². The van der Waals surface area contributed by atoms with Gasteiger partial charge in [0.15, 0.2) is 0 Å². The Labute approximate surface area is 137 Å². The van der Waals surface area contributed by atoms with Crippen molar-refractivity contribution >= 4 is 10.9 Å². The Hall–Kier alpha value is -3.09. The van der Waals surface area contributed by atoms with Gasteiger partial charge in [0.25, 0.3) is 0 Å². The number of hydrogen-bond acceptors (Lipinski definition) is 5. The van der Waals surface area contributed by atoms with E-state index in [0.29, 0.717) is 34.7 Å². The van der Waals surface area contributed by atoms with E-state index in [2.05, 4.69) is 20.1 Å². The number of pyridine rings is 1. The predicted octanol–water partition coefficient (Wildman–Crippen LogP) is 3.42. The van der Waals surface area contributed by atoms with Crippen molar-refractivity contribution in [1.29, 1.82) is 0 Å². The monoisotopic (exact) mass is 323 g/mol. The highest BCUT2D eigenvalue weighted by atomic mass is 19.1. The lowest BCUT2D eigenvalue weighted by Crippen LogP contribution is -2.04. The molecule has 120 valence electrons. The highest BCUT2D eigenvalue weighted by molar-refractivity contribution is 5.82. The average molecular weight is 323 g/mol. The number of nitrogens with zero attached hydrogens (tertiary/aromatic N) is 5. The highest BCUT2D eigenvalue weighted by Gasteiger charge is 2.16. The molecule has 0 saturated carbocycles. The molecule has 3 heterocycles. The van der Waals surface area contributed by atoms with Gasteiger partial charge in [0.1, 0.15) is 11.3 Å². The van der Waals surface area contributed by atoms with Crippen LogP contribution in [0.4, 0.5) is 4.39 Å². The molecule has 4 rings (SSSR count). The fraction of sp³-hybridized carbons (Fsp3) is 0.176. The minimum absolute atomic E-state index is 0.0475. The van der Waals surface area contributed by atoms with E-state index < -0.39 is 0 Å². The molecule has 0 aliphatic rings. The predicted molar refractivity (Wildman–Crippen MR) is 85.6 cm³/mol. The summed E-state index contributed by atoms with van der Waals surface area (Å²) in [5.74, 6) is 0.687. The van der Waals surface area contributed by atoms with Crippen molar-refractivity contribution < 1.29 is 8.91 Å². The number of para-hydroxylation sites is 1. The standard InChI is InChI=1S/C17H14FN5O/c1-11(9-23-6-5-19-10-23)17-21-16(22-24-17)13-7-12-3-2-4-14(18)15(12)20-8-13/h2-8,10-11H,9H2,1H3. The number of imidazole rings is 1. The minimum atomic E-state index is -0.346. The highest BCUT2D eigenvalue weighted by Crippen LogP contribution is 2.24. The van der Waals surface area contributed by atoms with Crippen LogP contribution in [0.3, 0.4) is 0 Å². The van der Waals surface area contributed by atoms with Gasteiger partial charge in [-0.3, -0.25) is 4.98 Å². The van der Waals surface area contributed by atoms with E-state index in [0.717, 1.165) is 0 Å². The third-order valence-electron chi connectivity index (χ3n) is 3.83. The van der Waals surface area contributed by atoms with Crippen LogP contribution in [0.5, 0.6) is 0 Å². The molecule has 24 heavy (non-hydrogen) atoms. The van der Waals surface area contributed by atoms with Crippen LogP contribution in [0.2, 0.25) is 0 Å². The average Bonchev–Trinajstić information content (AvgIpc) is 3.26. The summed E-state index contributed by atoms with van der Waals surface area (Å²) < 4.78 is 21.0. The number of rotatable bonds is 4. The summed E-state index contributed by atoms with van der Waals surface area (Å²) >= 11 is 0. The number of fused-ring (bicyclic) bond motifs is 1. The Morgan fingerprint density at radius 2 is 2.25 bits per heavy atom. The smallest absolute Gasteiger partial charge is 0.231 e. The maximum Gasteiger partial charge on any atom is 0.231 e. The Morgan fingerprint density at radius 1 is 1.33 bits per heavy atom. The molecule has 0 aliphatic carbocycles. The molecule has 1 atom stereocenters. The molecule has 6 nitrogen and oxygen atoms in total. The fourth-order valence-corrected chi connectivity index (χ4v) is 2.59. The first-order valence-corrected chi connectivity index (χ1v) is 7.54. The molecule has 0 radical (unpaired) electrons. The number of hydrogen-bond donors (Lipinski definition) is 0. The first-order valence-electron chi connectivity index (χ1n) is 7.54. The topological polar surface area (TPSA) is 69.6 Å². The van der Waals surface area contributed by atoms with Gasteiger partial charge in [-0.1, -0.05) is 24.2 Å². The molecule has 1 aromatic carbocycles. The lowest BCUT2D eigenvalue weighted by atomic mass is 10.1. The second-order valence-electron chi connectivity index (χ2n) is 5.65. The summed E-state index contributed by atoms with van der Waals surface area (Å²) in [5, 5.41) is 4.72. The zero-order chi connectivity index (χ0) is 16.5. The van der Waals surface area contributed by atoms with Gasteiger partial charge in [0.05, 0.1) is 12.2 Å². The van der Waals surface area contributed by atoms with E-state index in [1.165, 1.54) is 6.07 Å². The van der Waals surface area contributed by atoms with Crippen LogP contribution in [0.15, 0.2) is 53.7 Å². The minimum Gasteiger partial charge on any atom is -0.339 e. The number of aromatic nitrogens is 5. The van der Waals surface area contributed by atoms with Gasteiger partial charge in [-0.2, -0.15) is 4.98 Å². The molecule has 0 bridgehead atoms. The zero-order valence-electron chi connectivity index (χ0n) is 12.9. The fourth-order valence-electron chi connectivity index (χ4n) is 2.59. The largest absolute Gasteiger partial charge is 0.339 e. The van der Waals surface area contributed by atoms with Crippen LogP contribution in [-0.2, 0) is 6.54 Å². The van der Waals surface area contributed by atoms with E-state index in [4.69, 9.17) is 4.52 Å². The summed E-state index contributed by atoms with van der Waals surface area (Å²) in [6, 6.07) is 6.65. The first kappa shape index (κ1) is 14.5. The molecule has 0 N–H and O–H groups in total. The van der Waals surface area contributed by atoms with E-state index in [1.807, 2.05) is 17.7 Å². The van der Waals surface area contributed by atoms with E-state index >= 15 is 0 Å². The summed E-state index contributed by atoms with van der Waals surface area (Å²) in [6.45, 7) is 2.70. The maximum absolute atomic E-state index is 13.7. The van der Waals surface area contributed by atoms with Crippen molar-refractivity contribution in [3.05, 3.63) is 60.9 Å².